The molecule has 0 saturated carbocycles. The van der Waals surface area contributed by atoms with Crippen molar-refractivity contribution < 1.29 is 19.3 Å². The van der Waals surface area contributed by atoms with E-state index in [1.165, 1.54) is 0 Å². The molecule has 2 aromatic rings. The van der Waals surface area contributed by atoms with Gasteiger partial charge in [0.15, 0.2) is 0 Å². The van der Waals surface area contributed by atoms with Crippen LogP contribution in [0, 0.1) is 0 Å². The average Bonchev–Trinajstić information content (AvgIpc) is 3.14. The van der Waals surface area contributed by atoms with Gasteiger partial charge in [-0.25, -0.2) is 0 Å². The predicted molar refractivity (Wildman–Crippen MR) is 106 cm³/mol. The van der Waals surface area contributed by atoms with Crippen molar-refractivity contribution in [3.05, 3.63) is 53.1 Å². The van der Waals surface area contributed by atoms with Gasteiger partial charge in [0, 0.05) is 24.2 Å². The van der Waals surface area contributed by atoms with E-state index in [-0.39, 0.29) is 12.6 Å². The van der Waals surface area contributed by atoms with Crippen LogP contribution in [0.15, 0.2) is 42.5 Å². The summed E-state index contributed by atoms with van der Waals surface area (Å²) in [7, 11) is 3.32. The van der Waals surface area contributed by atoms with Crippen molar-refractivity contribution in [3.63, 3.8) is 0 Å². The van der Waals surface area contributed by atoms with E-state index in [1.807, 2.05) is 30.3 Å². The molecule has 3 rings (SSSR count). The smallest absolute Gasteiger partial charge is 0.138 e. The molecule has 1 heterocycles. The highest BCUT2D eigenvalue weighted by molar-refractivity contribution is 6.32. The summed E-state index contributed by atoms with van der Waals surface area (Å²) in [5.41, 5.74) is 1.12. The van der Waals surface area contributed by atoms with Crippen LogP contribution in [0.1, 0.15) is 24.4 Å². The zero-order valence-corrected chi connectivity index (χ0v) is 16.5. The van der Waals surface area contributed by atoms with Gasteiger partial charge in [-0.3, -0.25) is 4.90 Å². The van der Waals surface area contributed by atoms with E-state index in [2.05, 4.69) is 4.90 Å². The molecule has 1 aliphatic rings. The van der Waals surface area contributed by atoms with Crippen molar-refractivity contribution in [1.82, 2.24) is 4.90 Å². The Morgan fingerprint density at radius 1 is 1.15 bits per heavy atom. The summed E-state index contributed by atoms with van der Waals surface area (Å²) in [5.74, 6) is 2.18. The van der Waals surface area contributed by atoms with Gasteiger partial charge in [-0.1, -0.05) is 29.8 Å². The fourth-order valence-corrected chi connectivity index (χ4v) is 3.75. The van der Waals surface area contributed by atoms with Crippen LogP contribution in [0.3, 0.4) is 0 Å². The molecule has 0 aliphatic carbocycles. The molecule has 0 bridgehead atoms. The van der Waals surface area contributed by atoms with Crippen LogP contribution in [-0.4, -0.2) is 50.0 Å². The van der Waals surface area contributed by atoms with Crippen molar-refractivity contribution in [3.8, 4) is 17.2 Å². The number of ether oxygens (including phenoxy) is 3. The maximum atomic E-state index is 10.5. The van der Waals surface area contributed by atoms with E-state index >= 15 is 0 Å². The predicted octanol–water partition coefficient (Wildman–Crippen LogP) is 3.93. The van der Waals surface area contributed by atoms with E-state index in [9.17, 15) is 5.11 Å². The number of aliphatic hydroxyl groups is 1. The number of halogens is 1. The summed E-state index contributed by atoms with van der Waals surface area (Å²) < 4.78 is 16.5. The summed E-state index contributed by atoms with van der Waals surface area (Å²) in [6.45, 7) is 1.67. The summed E-state index contributed by atoms with van der Waals surface area (Å²) in [5, 5.41) is 11.0. The monoisotopic (exact) mass is 391 g/mol. The van der Waals surface area contributed by atoms with Gasteiger partial charge in [-0.05, 0) is 37.6 Å². The zero-order chi connectivity index (χ0) is 19.2. The molecule has 0 spiro atoms. The van der Waals surface area contributed by atoms with Crippen LogP contribution in [0.5, 0.6) is 17.2 Å². The summed E-state index contributed by atoms with van der Waals surface area (Å²) >= 11 is 6.10. The molecular formula is C21H26ClNO4. The molecule has 2 atom stereocenters. The van der Waals surface area contributed by atoms with Crippen molar-refractivity contribution in [2.75, 3.05) is 33.9 Å². The van der Waals surface area contributed by atoms with Gasteiger partial charge in [0.1, 0.15) is 30.0 Å². The van der Waals surface area contributed by atoms with Crippen molar-refractivity contribution >= 4 is 11.6 Å². The summed E-state index contributed by atoms with van der Waals surface area (Å²) in [6, 6.07) is 13.4. The molecule has 0 amide bonds. The van der Waals surface area contributed by atoms with Gasteiger partial charge < -0.3 is 19.3 Å². The molecule has 146 valence electrons. The summed E-state index contributed by atoms with van der Waals surface area (Å²) in [4.78, 5) is 2.28. The van der Waals surface area contributed by atoms with Gasteiger partial charge in [-0.15, -0.1) is 0 Å². The number of likely N-dealkylation sites (tertiary alicyclic amines) is 1. The topological polar surface area (TPSA) is 51.2 Å². The first-order chi connectivity index (χ1) is 13.1. The van der Waals surface area contributed by atoms with Crippen LogP contribution in [0.2, 0.25) is 5.02 Å². The Labute approximate surface area is 165 Å². The van der Waals surface area contributed by atoms with Gasteiger partial charge in [0.2, 0.25) is 0 Å². The van der Waals surface area contributed by atoms with Crippen molar-refractivity contribution in [2.45, 2.75) is 25.0 Å². The fourth-order valence-electron chi connectivity index (χ4n) is 3.56. The molecule has 0 aromatic heterocycles. The Morgan fingerprint density at radius 3 is 2.70 bits per heavy atom. The number of rotatable bonds is 8. The lowest BCUT2D eigenvalue weighted by atomic mass is 10.0. The molecule has 27 heavy (non-hydrogen) atoms. The minimum atomic E-state index is -0.605. The van der Waals surface area contributed by atoms with E-state index < -0.39 is 6.10 Å². The number of para-hydroxylation sites is 1. The average molecular weight is 392 g/mol. The van der Waals surface area contributed by atoms with Crippen LogP contribution < -0.4 is 14.2 Å². The number of hydrogen-bond acceptors (Lipinski definition) is 5. The Hall–Kier alpha value is -1.95. The third-order valence-electron chi connectivity index (χ3n) is 4.88. The number of hydrogen-bond donors (Lipinski definition) is 1. The molecule has 5 nitrogen and oxygen atoms in total. The molecular weight excluding hydrogens is 366 g/mol. The van der Waals surface area contributed by atoms with Crippen LogP contribution >= 0.6 is 11.6 Å². The lowest BCUT2D eigenvalue weighted by molar-refractivity contribution is 0.0635. The van der Waals surface area contributed by atoms with Gasteiger partial charge in [0.05, 0.1) is 19.2 Å². The minimum Gasteiger partial charge on any atom is -0.497 e. The Balaban J connectivity index is 1.63. The highest BCUT2D eigenvalue weighted by Crippen LogP contribution is 2.38. The first-order valence-electron chi connectivity index (χ1n) is 9.13. The largest absolute Gasteiger partial charge is 0.497 e. The van der Waals surface area contributed by atoms with E-state index in [4.69, 9.17) is 25.8 Å². The maximum Gasteiger partial charge on any atom is 0.138 e. The second-order valence-electron chi connectivity index (χ2n) is 6.66. The second-order valence-corrected chi connectivity index (χ2v) is 7.06. The normalized spacial score (nSPS) is 18.3. The molecule has 2 unspecified atom stereocenters. The molecule has 1 fully saturated rings. The number of nitrogens with zero attached hydrogens (tertiary/aromatic N) is 1. The minimum absolute atomic E-state index is 0.201. The molecule has 1 aliphatic heterocycles. The Bertz CT molecular complexity index is 755. The lowest BCUT2D eigenvalue weighted by Crippen LogP contribution is -2.35. The highest BCUT2D eigenvalue weighted by atomic mass is 35.5. The molecule has 2 aromatic carbocycles. The van der Waals surface area contributed by atoms with Crippen LogP contribution in [-0.2, 0) is 0 Å². The van der Waals surface area contributed by atoms with E-state index in [1.54, 1.807) is 26.4 Å². The number of aliphatic hydroxyl groups excluding tert-OH is 1. The lowest BCUT2D eigenvalue weighted by Gasteiger charge is -2.28. The van der Waals surface area contributed by atoms with E-state index in [0.717, 1.165) is 36.4 Å². The quantitative estimate of drug-likeness (QED) is 0.738. The maximum absolute atomic E-state index is 10.5. The van der Waals surface area contributed by atoms with E-state index in [0.29, 0.717) is 17.3 Å². The standard InChI is InChI=1S/C21H26ClNO4/c1-25-16-9-10-17(21(12-16)26-2)19-7-5-11-23(19)13-15(24)14-27-20-8-4-3-6-18(20)22/h3-4,6,8-10,12,15,19,24H,5,7,11,13-14H2,1-2H3. The van der Waals surface area contributed by atoms with Crippen LogP contribution in [0.4, 0.5) is 0 Å². The van der Waals surface area contributed by atoms with Crippen LogP contribution in [0.25, 0.3) is 0 Å². The molecule has 6 heteroatoms. The molecule has 1 N–H and O–H groups in total. The third kappa shape index (κ3) is 4.86. The highest BCUT2D eigenvalue weighted by Gasteiger charge is 2.30. The molecule has 0 radical (unpaired) electrons. The fraction of sp³-hybridized carbons (Fsp3) is 0.429. The molecule has 1 saturated heterocycles. The first kappa shape index (κ1) is 19.8. The number of methoxy groups -OCH3 is 2. The Kier molecular flexibility index (Phi) is 6.83. The first-order valence-corrected chi connectivity index (χ1v) is 9.51. The SMILES string of the molecule is COc1ccc(C2CCCN2CC(O)COc2ccccc2Cl)c(OC)c1. The van der Waals surface area contributed by atoms with Gasteiger partial charge >= 0.3 is 0 Å². The third-order valence-corrected chi connectivity index (χ3v) is 5.19. The van der Waals surface area contributed by atoms with Gasteiger partial charge in [-0.2, -0.15) is 0 Å². The van der Waals surface area contributed by atoms with Gasteiger partial charge in [0.25, 0.3) is 0 Å². The second kappa shape index (κ2) is 9.31. The van der Waals surface area contributed by atoms with Crippen molar-refractivity contribution in [1.29, 1.82) is 0 Å². The number of β-amino-alcohol motifs (C(OH)–C–C–N with tert-alkyl or cyclic N) is 1. The van der Waals surface area contributed by atoms with Crippen molar-refractivity contribution in [2.24, 2.45) is 0 Å². The number of benzene rings is 2. The summed E-state index contributed by atoms with van der Waals surface area (Å²) in [6.07, 6.45) is 1.50. The Morgan fingerprint density at radius 2 is 1.96 bits per heavy atom. The zero-order valence-electron chi connectivity index (χ0n) is 15.7.